The Labute approximate surface area is 365 Å². The topological polar surface area (TPSA) is 192 Å². The molecule has 13 heteroatoms. The normalized spacial score (nSPS) is 20.9. The van der Waals surface area contributed by atoms with Crippen molar-refractivity contribution in [3.8, 4) is 0 Å². The first-order chi connectivity index (χ1) is 29.0. The van der Waals surface area contributed by atoms with Crippen molar-refractivity contribution in [1.29, 1.82) is 0 Å². The van der Waals surface area contributed by atoms with Crippen LogP contribution in [0.25, 0.3) is 0 Å². The van der Waals surface area contributed by atoms with Crippen LogP contribution >= 0.6 is 0 Å². The van der Waals surface area contributed by atoms with E-state index in [9.17, 15) is 38.2 Å². The van der Waals surface area contributed by atoms with E-state index < -0.39 is 59.9 Å². The van der Waals surface area contributed by atoms with E-state index in [0.717, 1.165) is 70.6 Å². The van der Waals surface area contributed by atoms with E-state index >= 15 is 0 Å². The Morgan fingerprint density at radius 3 is 1.58 bits per heavy atom. The van der Waals surface area contributed by atoms with E-state index in [1.165, 1.54) is 109 Å². The molecule has 7 atom stereocenters. The predicted molar refractivity (Wildman–Crippen MR) is 241 cm³/mol. The Balaban J connectivity index is 2.48. The van der Waals surface area contributed by atoms with Crippen LogP contribution in [0.15, 0.2) is 24.3 Å². The zero-order valence-corrected chi connectivity index (χ0v) is 38.6. The van der Waals surface area contributed by atoms with Crippen molar-refractivity contribution in [2.45, 2.75) is 256 Å². The van der Waals surface area contributed by atoms with E-state index in [4.69, 9.17) is 9.47 Å². The fourth-order valence-electron chi connectivity index (χ4n) is 7.74. The van der Waals surface area contributed by atoms with Crippen molar-refractivity contribution in [1.82, 2.24) is 5.32 Å². The highest BCUT2D eigenvalue weighted by Crippen LogP contribution is 2.26. The van der Waals surface area contributed by atoms with Gasteiger partial charge in [0.15, 0.2) is 6.29 Å². The number of nitrogens with one attached hydrogen (secondary N) is 1. The van der Waals surface area contributed by atoms with Gasteiger partial charge in [0.25, 0.3) is 0 Å². The first kappa shape index (κ1) is 56.6. The molecule has 1 aliphatic rings. The molecule has 1 amide bonds. The molecule has 1 fully saturated rings. The number of carbonyl (C=O) groups is 1. The van der Waals surface area contributed by atoms with Crippen molar-refractivity contribution >= 4 is 16.3 Å². The Morgan fingerprint density at radius 1 is 0.667 bits per heavy atom. The van der Waals surface area contributed by atoms with Crippen LogP contribution in [-0.2, 0) is 28.9 Å². The summed E-state index contributed by atoms with van der Waals surface area (Å²) in [6.07, 6.45) is 34.6. The summed E-state index contributed by atoms with van der Waals surface area (Å²) >= 11 is 0. The maximum Gasteiger partial charge on any atom is 0.397 e. The van der Waals surface area contributed by atoms with Gasteiger partial charge < -0.3 is 35.2 Å². The molecule has 6 N–H and O–H groups in total. The lowest BCUT2D eigenvalue weighted by molar-refractivity contribution is -0.298. The number of rotatable bonds is 41. The summed E-state index contributed by atoms with van der Waals surface area (Å²) in [7, 11) is -5.08. The van der Waals surface area contributed by atoms with Gasteiger partial charge in [0.1, 0.15) is 24.4 Å². The van der Waals surface area contributed by atoms with Crippen LogP contribution in [0, 0.1) is 0 Å². The molecule has 1 saturated heterocycles. The number of hydrogen-bond donors (Lipinski definition) is 6. The van der Waals surface area contributed by atoms with Gasteiger partial charge in [-0.25, -0.2) is 4.18 Å². The van der Waals surface area contributed by atoms with E-state index in [0.29, 0.717) is 12.8 Å². The number of unbranched alkanes of at least 4 members (excludes halogenated alkanes) is 26. The molecule has 0 radical (unpaired) electrons. The van der Waals surface area contributed by atoms with E-state index in [2.05, 4.69) is 47.7 Å². The number of ether oxygens (including phenoxy) is 2. The van der Waals surface area contributed by atoms with Gasteiger partial charge in [0, 0.05) is 6.42 Å². The fourth-order valence-corrected chi connectivity index (χ4v) is 8.25. The van der Waals surface area contributed by atoms with E-state index in [-0.39, 0.29) is 18.9 Å². The Bertz CT molecular complexity index is 1170. The molecular weight excluding hydrogens is 787 g/mol. The standard InChI is InChI=1S/C47H89NO11S/c1-3-5-7-9-11-13-15-17-19-20-21-23-24-26-28-30-32-34-36-41(50)40(39-57-47-45(53)46(59-60(54,55)56)44(52)42(38-49)58-47)48-43(51)37-35-33-31-29-27-25-22-18-16-14-12-10-8-6-4-2/h12,14,16,18,40-42,44-47,49-50,52-53H,3-11,13,15,17,19-39H2,1-2H3,(H,48,51)(H,54,55,56)/b14-12-,18-16-. The molecule has 0 aromatic heterocycles. The van der Waals surface area contributed by atoms with Crippen LogP contribution in [0.4, 0.5) is 0 Å². The molecule has 1 aliphatic heterocycles. The number of aliphatic hydroxyl groups is 4. The summed E-state index contributed by atoms with van der Waals surface area (Å²) in [6, 6.07) is -0.862. The highest BCUT2D eigenvalue weighted by Gasteiger charge is 2.48. The highest BCUT2D eigenvalue weighted by atomic mass is 32.3. The van der Waals surface area contributed by atoms with Crippen molar-refractivity contribution in [2.24, 2.45) is 0 Å². The second-order valence-electron chi connectivity index (χ2n) is 17.1. The third kappa shape index (κ3) is 30.6. The minimum atomic E-state index is -5.08. The van der Waals surface area contributed by atoms with E-state index in [1.54, 1.807) is 0 Å². The van der Waals surface area contributed by atoms with Gasteiger partial charge in [-0.05, 0) is 38.5 Å². The summed E-state index contributed by atoms with van der Waals surface area (Å²) in [5.41, 5.74) is 0. The highest BCUT2D eigenvalue weighted by molar-refractivity contribution is 7.80. The summed E-state index contributed by atoms with van der Waals surface area (Å²) in [5, 5.41) is 44.9. The van der Waals surface area contributed by atoms with Crippen molar-refractivity contribution in [3.05, 3.63) is 24.3 Å². The summed E-state index contributed by atoms with van der Waals surface area (Å²) < 4.78 is 47.7. The van der Waals surface area contributed by atoms with E-state index in [1.807, 2.05) is 0 Å². The van der Waals surface area contributed by atoms with Crippen LogP contribution in [0.1, 0.15) is 213 Å². The third-order valence-electron chi connectivity index (χ3n) is 11.5. The van der Waals surface area contributed by atoms with Crippen LogP contribution in [-0.4, -0.2) is 95.4 Å². The third-order valence-corrected chi connectivity index (χ3v) is 12.0. The number of aliphatic hydroxyl groups excluding tert-OH is 4. The van der Waals surface area contributed by atoms with Crippen LogP contribution in [0.3, 0.4) is 0 Å². The fraction of sp³-hybridized carbons (Fsp3) is 0.894. The predicted octanol–water partition coefficient (Wildman–Crippen LogP) is 9.72. The lowest BCUT2D eigenvalue weighted by Crippen LogP contribution is -2.61. The monoisotopic (exact) mass is 876 g/mol. The van der Waals surface area contributed by atoms with Gasteiger partial charge >= 0.3 is 10.4 Å². The largest absolute Gasteiger partial charge is 0.397 e. The molecule has 0 saturated carbocycles. The number of amides is 1. The van der Waals surface area contributed by atoms with Crippen LogP contribution in [0.2, 0.25) is 0 Å². The molecule has 1 heterocycles. The molecule has 0 aromatic carbocycles. The van der Waals surface area contributed by atoms with Crippen LogP contribution in [0.5, 0.6) is 0 Å². The number of hydrogen-bond acceptors (Lipinski definition) is 10. The van der Waals surface area contributed by atoms with Gasteiger partial charge in [0.05, 0.1) is 25.4 Å². The molecule has 0 spiro atoms. The molecule has 60 heavy (non-hydrogen) atoms. The Hall–Kier alpha value is -1.42. The van der Waals surface area contributed by atoms with Crippen molar-refractivity contribution < 1.29 is 51.8 Å². The SMILES string of the molecule is CCCCC/C=C\C=C/CCCCCCCCC(=O)NC(COC1OC(CO)C(O)C(OS(=O)(=O)O)C1O)C(O)CCCCCCCCCCCCCCCCCCCC. The smallest absolute Gasteiger partial charge is 0.394 e. The second-order valence-corrected chi connectivity index (χ2v) is 18.1. The minimum absolute atomic E-state index is 0.241. The lowest BCUT2D eigenvalue weighted by atomic mass is 9.99. The second kappa shape index (κ2) is 38.1. The first-order valence-electron chi connectivity index (χ1n) is 24.2. The van der Waals surface area contributed by atoms with Gasteiger partial charge in [-0.2, -0.15) is 8.42 Å². The summed E-state index contributed by atoms with van der Waals surface area (Å²) in [6.45, 7) is 3.42. The molecule has 1 rings (SSSR count). The van der Waals surface area contributed by atoms with Gasteiger partial charge in [-0.3, -0.25) is 9.35 Å². The van der Waals surface area contributed by atoms with Crippen LogP contribution < -0.4 is 5.32 Å². The first-order valence-corrected chi connectivity index (χ1v) is 25.6. The molecule has 0 aliphatic carbocycles. The molecular formula is C47H89NO11S. The molecule has 12 nitrogen and oxygen atoms in total. The zero-order chi connectivity index (χ0) is 44.1. The van der Waals surface area contributed by atoms with Gasteiger partial charge in [-0.1, -0.05) is 192 Å². The van der Waals surface area contributed by atoms with Gasteiger partial charge in [0.2, 0.25) is 5.91 Å². The summed E-state index contributed by atoms with van der Waals surface area (Å²) in [4.78, 5) is 13.0. The average molecular weight is 876 g/mol. The molecule has 0 aromatic rings. The number of carbonyl (C=O) groups excluding carboxylic acids is 1. The summed E-state index contributed by atoms with van der Waals surface area (Å²) in [5.74, 6) is -0.241. The molecule has 354 valence electrons. The van der Waals surface area contributed by atoms with Crippen molar-refractivity contribution in [2.75, 3.05) is 13.2 Å². The lowest BCUT2D eigenvalue weighted by Gasteiger charge is -2.41. The maximum absolute atomic E-state index is 13.0. The average Bonchev–Trinajstić information content (AvgIpc) is 3.22. The minimum Gasteiger partial charge on any atom is -0.394 e. The van der Waals surface area contributed by atoms with Crippen molar-refractivity contribution in [3.63, 3.8) is 0 Å². The number of allylic oxidation sites excluding steroid dienone is 4. The quantitative estimate of drug-likeness (QED) is 0.0195. The molecule has 0 bridgehead atoms. The zero-order valence-electron chi connectivity index (χ0n) is 37.8. The Morgan fingerprint density at radius 2 is 1.10 bits per heavy atom. The molecule has 7 unspecified atom stereocenters. The maximum atomic E-state index is 13.0. The van der Waals surface area contributed by atoms with Gasteiger partial charge in [-0.15, -0.1) is 0 Å². The Kier molecular flexibility index (Phi) is 35.9.